The number of rotatable bonds is 7. The van der Waals surface area contributed by atoms with Gasteiger partial charge in [-0.1, -0.05) is 13.8 Å². The fraction of sp³-hybridized carbons (Fsp3) is 0.533. The Morgan fingerprint density at radius 2 is 1.82 bits per heavy atom. The van der Waals surface area contributed by atoms with Crippen molar-refractivity contribution >= 4 is 16.0 Å². The summed E-state index contributed by atoms with van der Waals surface area (Å²) in [5, 5.41) is 9.10. The molecule has 22 heavy (non-hydrogen) atoms. The Balaban J connectivity index is 3.08. The van der Waals surface area contributed by atoms with Crippen LogP contribution in [-0.2, 0) is 14.8 Å². The highest BCUT2D eigenvalue weighted by Gasteiger charge is 2.28. The molecule has 1 atom stereocenters. The van der Waals surface area contributed by atoms with E-state index in [9.17, 15) is 13.2 Å². The van der Waals surface area contributed by atoms with Crippen LogP contribution in [0.25, 0.3) is 0 Å². The lowest BCUT2D eigenvalue weighted by atomic mass is 10.1. The average Bonchev–Trinajstić information content (AvgIpc) is 2.37. The first-order chi connectivity index (χ1) is 10.0. The van der Waals surface area contributed by atoms with Crippen molar-refractivity contribution < 1.29 is 23.1 Å². The van der Waals surface area contributed by atoms with Crippen LogP contribution in [0.15, 0.2) is 23.1 Å². The van der Waals surface area contributed by atoms with E-state index in [2.05, 4.69) is 4.72 Å². The van der Waals surface area contributed by atoms with Gasteiger partial charge in [-0.05, 0) is 50.5 Å². The lowest BCUT2D eigenvalue weighted by molar-refractivity contribution is -0.140. The second-order valence-electron chi connectivity index (χ2n) is 5.78. The van der Waals surface area contributed by atoms with Gasteiger partial charge in [0.25, 0.3) is 0 Å². The number of nitrogens with one attached hydrogen (secondary N) is 1. The van der Waals surface area contributed by atoms with Gasteiger partial charge < -0.3 is 9.84 Å². The molecule has 0 fully saturated rings. The Bertz CT molecular complexity index is 637. The van der Waals surface area contributed by atoms with E-state index < -0.39 is 22.0 Å². The number of aliphatic carboxylic acids is 1. The number of carboxylic acid groups (broad SMARTS) is 1. The van der Waals surface area contributed by atoms with Crippen molar-refractivity contribution in [3.05, 3.63) is 23.8 Å². The monoisotopic (exact) mass is 329 g/mol. The lowest BCUT2D eigenvalue weighted by Crippen LogP contribution is -2.44. The summed E-state index contributed by atoms with van der Waals surface area (Å²) in [6, 6.07) is 3.29. The predicted molar refractivity (Wildman–Crippen MR) is 83.5 cm³/mol. The van der Waals surface area contributed by atoms with Crippen LogP contribution in [0.5, 0.6) is 5.75 Å². The van der Waals surface area contributed by atoms with Gasteiger partial charge in [0.1, 0.15) is 11.8 Å². The van der Waals surface area contributed by atoms with E-state index in [0.717, 1.165) is 0 Å². The minimum Gasteiger partial charge on any atom is -0.491 e. The van der Waals surface area contributed by atoms with Gasteiger partial charge in [0.2, 0.25) is 10.0 Å². The third-order valence-corrected chi connectivity index (χ3v) is 4.47. The van der Waals surface area contributed by atoms with E-state index in [4.69, 9.17) is 9.84 Å². The van der Waals surface area contributed by atoms with Crippen LogP contribution in [0.2, 0.25) is 0 Å². The largest absolute Gasteiger partial charge is 0.491 e. The molecule has 0 aliphatic rings. The second kappa shape index (κ2) is 7.11. The molecule has 0 bridgehead atoms. The number of ether oxygens (including phenoxy) is 1. The molecule has 0 heterocycles. The SMILES string of the molecule is Cc1cc(S(=O)(=O)NC(C(=O)O)C(C)C)ccc1OC(C)C. The normalized spacial score (nSPS) is 13.4. The van der Waals surface area contributed by atoms with Crippen LogP contribution in [0.3, 0.4) is 0 Å². The number of benzene rings is 1. The summed E-state index contributed by atoms with van der Waals surface area (Å²) in [6.07, 6.45) is -0.0170. The van der Waals surface area contributed by atoms with Crippen LogP contribution < -0.4 is 9.46 Å². The van der Waals surface area contributed by atoms with E-state index in [1.807, 2.05) is 13.8 Å². The summed E-state index contributed by atoms with van der Waals surface area (Å²) in [6.45, 7) is 8.80. The van der Waals surface area contributed by atoms with Gasteiger partial charge in [0.05, 0.1) is 11.0 Å². The van der Waals surface area contributed by atoms with Crippen LogP contribution in [0.1, 0.15) is 33.3 Å². The first-order valence-corrected chi connectivity index (χ1v) is 8.55. The van der Waals surface area contributed by atoms with E-state index in [1.54, 1.807) is 26.8 Å². The molecule has 1 rings (SSSR count). The van der Waals surface area contributed by atoms with Crippen LogP contribution in [0, 0.1) is 12.8 Å². The molecule has 0 saturated carbocycles. The molecule has 0 aliphatic carbocycles. The van der Waals surface area contributed by atoms with Gasteiger partial charge in [-0.25, -0.2) is 8.42 Å². The summed E-state index contributed by atoms with van der Waals surface area (Å²) in [4.78, 5) is 11.2. The molecule has 6 nitrogen and oxygen atoms in total. The minimum atomic E-state index is -3.90. The molecular formula is C15H23NO5S. The number of aryl methyl sites for hydroxylation is 1. The maximum Gasteiger partial charge on any atom is 0.322 e. The van der Waals surface area contributed by atoms with Gasteiger partial charge in [-0.3, -0.25) is 4.79 Å². The average molecular weight is 329 g/mol. The predicted octanol–water partition coefficient (Wildman–Crippen LogP) is 2.17. The Hall–Kier alpha value is -1.60. The topological polar surface area (TPSA) is 92.7 Å². The first-order valence-electron chi connectivity index (χ1n) is 7.07. The maximum absolute atomic E-state index is 12.3. The number of hydrogen-bond donors (Lipinski definition) is 2. The number of carboxylic acids is 1. The third kappa shape index (κ3) is 4.71. The van der Waals surface area contributed by atoms with Crippen molar-refractivity contribution in [2.24, 2.45) is 5.92 Å². The molecule has 1 aromatic carbocycles. The summed E-state index contributed by atoms with van der Waals surface area (Å²) in [5.41, 5.74) is 0.674. The molecule has 124 valence electrons. The minimum absolute atomic E-state index is 0.0170. The lowest BCUT2D eigenvalue weighted by Gasteiger charge is -2.19. The summed E-state index contributed by atoms with van der Waals surface area (Å²) in [5.74, 6) is -0.959. The molecular weight excluding hydrogens is 306 g/mol. The van der Waals surface area contributed by atoms with Gasteiger partial charge in [-0.15, -0.1) is 0 Å². The zero-order valence-corrected chi connectivity index (χ0v) is 14.3. The van der Waals surface area contributed by atoms with Gasteiger partial charge in [0.15, 0.2) is 0 Å². The van der Waals surface area contributed by atoms with E-state index in [1.165, 1.54) is 12.1 Å². The Morgan fingerprint density at radius 1 is 1.23 bits per heavy atom. The smallest absolute Gasteiger partial charge is 0.322 e. The summed E-state index contributed by atoms with van der Waals surface area (Å²) >= 11 is 0. The van der Waals surface area contributed by atoms with E-state index >= 15 is 0 Å². The van der Waals surface area contributed by atoms with Crippen LogP contribution >= 0.6 is 0 Å². The van der Waals surface area contributed by atoms with Crippen molar-refractivity contribution in [2.45, 2.75) is 51.7 Å². The molecule has 0 radical (unpaired) electrons. The van der Waals surface area contributed by atoms with Crippen molar-refractivity contribution in [3.63, 3.8) is 0 Å². The first kappa shape index (κ1) is 18.4. The fourth-order valence-corrected chi connectivity index (χ4v) is 3.30. The number of sulfonamides is 1. The Kier molecular flexibility index (Phi) is 5.96. The number of hydrogen-bond acceptors (Lipinski definition) is 4. The fourth-order valence-electron chi connectivity index (χ4n) is 1.88. The highest BCUT2D eigenvalue weighted by Crippen LogP contribution is 2.23. The quantitative estimate of drug-likeness (QED) is 0.800. The zero-order chi connectivity index (χ0) is 17.1. The Labute approximate surface area is 131 Å². The second-order valence-corrected chi connectivity index (χ2v) is 7.49. The standard InChI is InChI=1S/C15H23NO5S/c1-9(2)14(15(17)18)16-22(19,20)12-6-7-13(11(5)8-12)21-10(3)4/h6-10,14,16H,1-5H3,(H,17,18). The van der Waals surface area contributed by atoms with Crippen molar-refractivity contribution in [1.82, 2.24) is 4.72 Å². The van der Waals surface area contributed by atoms with E-state index in [0.29, 0.717) is 11.3 Å². The molecule has 0 saturated heterocycles. The molecule has 2 N–H and O–H groups in total. The number of carbonyl (C=O) groups is 1. The molecule has 0 aromatic heterocycles. The molecule has 1 aromatic rings. The summed E-state index contributed by atoms with van der Waals surface area (Å²) in [7, 11) is -3.90. The molecule has 7 heteroatoms. The van der Waals surface area contributed by atoms with Gasteiger partial charge in [-0.2, -0.15) is 4.72 Å². The molecule has 1 unspecified atom stereocenters. The third-order valence-electron chi connectivity index (χ3n) is 3.03. The summed E-state index contributed by atoms with van der Waals surface area (Å²) < 4.78 is 32.4. The maximum atomic E-state index is 12.3. The highest BCUT2D eigenvalue weighted by atomic mass is 32.2. The molecule has 0 spiro atoms. The van der Waals surface area contributed by atoms with Crippen molar-refractivity contribution in [3.8, 4) is 5.75 Å². The van der Waals surface area contributed by atoms with Crippen LogP contribution in [-0.4, -0.2) is 31.6 Å². The van der Waals surface area contributed by atoms with Crippen molar-refractivity contribution in [1.29, 1.82) is 0 Å². The van der Waals surface area contributed by atoms with Crippen LogP contribution in [0.4, 0.5) is 0 Å². The van der Waals surface area contributed by atoms with Crippen molar-refractivity contribution in [2.75, 3.05) is 0 Å². The molecule has 0 aliphatic heterocycles. The zero-order valence-electron chi connectivity index (χ0n) is 13.5. The highest BCUT2D eigenvalue weighted by molar-refractivity contribution is 7.89. The molecule has 0 amide bonds. The van der Waals surface area contributed by atoms with Gasteiger partial charge >= 0.3 is 5.97 Å². The van der Waals surface area contributed by atoms with Gasteiger partial charge in [0, 0.05) is 0 Å². The van der Waals surface area contributed by atoms with E-state index in [-0.39, 0.29) is 16.9 Å². The Morgan fingerprint density at radius 3 is 2.23 bits per heavy atom.